The minimum atomic E-state index is -0.762. The molecule has 0 rings (SSSR count). The van der Waals surface area contributed by atoms with Gasteiger partial charge in [0.2, 0.25) is 0 Å². The van der Waals surface area contributed by atoms with Gasteiger partial charge in [0, 0.05) is 19.3 Å². The van der Waals surface area contributed by atoms with Crippen LogP contribution in [0.3, 0.4) is 0 Å². The van der Waals surface area contributed by atoms with E-state index in [0.29, 0.717) is 19.3 Å². The lowest BCUT2D eigenvalue weighted by molar-refractivity contribution is -0.167. The molecule has 68 heavy (non-hydrogen) atoms. The zero-order valence-corrected chi connectivity index (χ0v) is 46.6. The Morgan fingerprint density at radius 2 is 0.515 bits per heavy atom. The van der Waals surface area contributed by atoms with Crippen LogP contribution in [0.1, 0.15) is 355 Å². The summed E-state index contributed by atoms with van der Waals surface area (Å²) in [6, 6.07) is 0. The first-order valence-corrected chi connectivity index (χ1v) is 30.9. The average molecular weight is 962 g/mol. The second kappa shape index (κ2) is 56.3. The average Bonchev–Trinajstić information content (AvgIpc) is 3.34. The van der Waals surface area contributed by atoms with E-state index in [1.807, 2.05) is 0 Å². The lowest BCUT2D eigenvalue weighted by Crippen LogP contribution is -2.30. The van der Waals surface area contributed by atoms with Gasteiger partial charge in [-0.25, -0.2) is 0 Å². The Balaban J connectivity index is 4.27. The number of ether oxygens (including phenoxy) is 3. The molecule has 1 unspecified atom stereocenters. The summed E-state index contributed by atoms with van der Waals surface area (Å²) in [6.07, 6.45) is 62.3. The molecule has 0 aromatic rings. The van der Waals surface area contributed by atoms with E-state index in [1.54, 1.807) is 0 Å². The van der Waals surface area contributed by atoms with Gasteiger partial charge in [-0.05, 0) is 25.2 Å². The summed E-state index contributed by atoms with van der Waals surface area (Å²) < 4.78 is 16.9. The first-order valence-electron chi connectivity index (χ1n) is 30.9. The molecule has 0 aliphatic carbocycles. The maximum absolute atomic E-state index is 12.9. The first kappa shape index (κ1) is 66.4. The summed E-state index contributed by atoms with van der Waals surface area (Å²) in [5, 5.41) is 0. The predicted molar refractivity (Wildman–Crippen MR) is 293 cm³/mol. The lowest BCUT2D eigenvalue weighted by atomic mass is 9.99. The predicted octanol–water partition coefficient (Wildman–Crippen LogP) is 20.6. The highest BCUT2D eigenvalue weighted by Crippen LogP contribution is 2.19. The van der Waals surface area contributed by atoms with Gasteiger partial charge in [-0.3, -0.25) is 14.4 Å². The van der Waals surface area contributed by atoms with Crippen LogP contribution >= 0.6 is 0 Å². The van der Waals surface area contributed by atoms with Gasteiger partial charge < -0.3 is 14.2 Å². The van der Waals surface area contributed by atoms with Crippen LogP contribution in [-0.4, -0.2) is 37.2 Å². The highest BCUT2D eigenvalue weighted by Gasteiger charge is 2.19. The number of esters is 3. The van der Waals surface area contributed by atoms with E-state index >= 15 is 0 Å². The number of unbranched alkanes of at least 4 members (excludes halogenated alkanes) is 43. The normalized spacial score (nSPS) is 12.4. The fourth-order valence-electron chi connectivity index (χ4n) is 9.60. The SMILES string of the molecule is CCCCCCCCCCCCCCCCCCCCCC(=O)O[C@@H](COC(=O)CCCCCCCCCCCCCCC)COC(=O)CCCCCCCCCCCCCCCCC(C)CC. The largest absolute Gasteiger partial charge is 0.462 e. The van der Waals surface area contributed by atoms with E-state index < -0.39 is 6.10 Å². The van der Waals surface area contributed by atoms with Crippen molar-refractivity contribution in [3.63, 3.8) is 0 Å². The lowest BCUT2D eigenvalue weighted by Gasteiger charge is -2.18. The van der Waals surface area contributed by atoms with Crippen molar-refractivity contribution in [2.45, 2.75) is 361 Å². The molecule has 0 saturated carbocycles. The summed E-state index contributed by atoms with van der Waals surface area (Å²) in [6.45, 7) is 9.11. The third-order valence-electron chi connectivity index (χ3n) is 14.7. The van der Waals surface area contributed by atoms with E-state index in [-0.39, 0.29) is 31.1 Å². The zero-order chi connectivity index (χ0) is 49.5. The van der Waals surface area contributed by atoms with Gasteiger partial charge >= 0.3 is 17.9 Å². The molecule has 0 aromatic carbocycles. The summed E-state index contributed by atoms with van der Waals surface area (Å²) in [5.41, 5.74) is 0. The minimum absolute atomic E-state index is 0.0615. The van der Waals surface area contributed by atoms with Crippen LogP contribution in [0.15, 0.2) is 0 Å². The van der Waals surface area contributed by atoms with Gasteiger partial charge in [0.25, 0.3) is 0 Å². The van der Waals surface area contributed by atoms with Crippen molar-refractivity contribution in [1.82, 2.24) is 0 Å². The molecule has 6 nitrogen and oxygen atoms in total. The van der Waals surface area contributed by atoms with E-state index in [2.05, 4.69) is 27.7 Å². The van der Waals surface area contributed by atoms with Gasteiger partial charge in [0.15, 0.2) is 6.10 Å². The summed E-state index contributed by atoms with van der Waals surface area (Å²) >= 11 is 0. The van der Waals surface area contributed by atoms with E-state index in [4.69, 9.17) is 14.2 Å². The highest BCUT2D eigenvalue weighted by atomic mass is 16.6. The van der Waals surface area contributed by atoms with Crippen LogP contribution in [0.5, 0.6) is 0 Å². The Morgan fingerprint density at radius 3 is 0.765 bits per heavy atom. The topological polar surface area (TPSA) is 78.9 Å². The van der Waals surface area contributed by atoms with Crippen LogP contribution in [0.25, 0.3) is 0 Å². The van der Waals surface area contributed by atoms with Crippen LogP contribution < -0.4 is 0 Å². The molecule has 0 spiro atoms. The Bertz CT molecular complexity index is 1030. The van der Waals surface area contributed by atoms with Gasteiger partial charge in [-0.2, -0.15) is 0 Å². The second-order valence-electron chi connectivity index (χ2n) is 21.6. The molecule has 404 valence electrons. The Morgan fingerprint density at radius 1 is 0.294 bits per heavy atom. The molecule has 2 atom stereocenters. The van der Waals surface area contributed by atoms with Crippen molar-refractivity contribution in [2.24, 2.45) is 5.92 Å². The summed E-state index contributed by atoms with van der Waals surface area (Å²) in [7, 11) is 0. The highest BCUT2D eigenvalue weighted by molar-refractivity contribution is 5.71. The van der Waals surface area contributed by atoms with E-state index in [9.17, 15) is 14.4 Å². The maximum Gasteiger partial charge on any atom is 0.306 e. The van der Waals surface area contributed by atoms with Crippen molar-refractivity contribution in [2.75, 3.05) is 13.2 Å². The van der Waals surface area contributed by atoms with Crippen LogP contribution in [0.4, 0.5) is 0 Å². The quantitative estimate of drug-likeness (QED) is 0.0343. The number of carbonyl (C=O) groups excluding carboxylic acids is 3. The third kappa shape index (κ3) is 53.8. The molecule has 0 amide bonds. The zero-order valence-electron chi connectivity index (χ0n) is 46.6. The van der Waals surface area contributed by atoms with E-state index in [0.717, 1.165) is 63.7 Å². The summed E-state index contributed by atoms with van der Waals surface area (Å²) in [5.74, 6) is 0.0652. The number of rotatable bonds is 57. The monoisotopic (exact) mass is 961 g/mol. The minimum Gasteiger partial charge on any atom is -0.462 e. The standard InChI is InChI=1S/C62H120O6/c1-5-8-10-12-14-16-18-20-21-22-23-24-25-31-35-39-43-47-51-55-62(65)68-59(56-66-60(63)53-49-45-41-37-33-28-19-17-15-13-11-9-6-2)57-67-61(64)54-50-46-42-38-34-30-27-26-29-32-36-40-44-48-52-58(4)7-3/h58-59H,5-57H2,1-4H3/t58?,59-/m0/s1. The second-order valence-corrected chi connectivity index (χ2v) is 21.6. The Kier molecular flexibility index (Phi) is 55.0. The smallest absolute Gasteiger partial charge is 0.306 e. The molecule has 0 saturated heterocycles. The van der Waals surface area contributed by atoms with Crippen molar-refractivity contribution < 1.29 is 28.6 Å². The number of hydrogen-bond donors (Lipinski definition) is 0. The fraction of sp³-hybridized carbons (Fsp3) is 0.952. The number of carbonyl (C=O) groups is 3. The van der Waals surface area contributed by atoms with Crippen molar-refractivity contribution in [3.8, 4) is 0 Å². The maximum atomic E-state index is 12.9. The molecular formula is C62H120O6. The molecule has 0 bridgehead atoms. The Hall–Kier alpha value is -1.59. The van der Waals surface area contributed by atoms with Crippen molar-refractivity contribution >= 4 is 17.9 Å². The van der Waals surface area contributed by atoms with Crippen molar-refractivity contribution in [1.29, 1.82) is 0 Å². The molecule has 0 radical (unpaired) electrons. The number of hydrogen-bond acceptors (Lipinski definition) is 6. The molecule has 0 fully saturated rings. The molecule has 0 heterocycles. The van der Waals surface area contributed by atoms with Crippen LogP contribution in [0, 0.1) is 5.92 Å². The van der Waals surface area contributed by atoms with Gasteiger partial charge in [-0.15, -0.1) is 0 Å². The Labute approximate surface area is 425 Å². The first-order chi connectivity index (χ1) is 33.4. The third-order valence-corrected chi connectivity index (χ3v) is 14.7. The van der Waals surface area contributed by atoms with Gasteiger partial charge in [-0.1, -0.05) is 317 Å². The fourth-order valence-corrected chi connectivity index (χ4v) is 9.60. The van der Waals surface area contributed by atoms with Crippen LogP contribution in [-0.2, 0) is 28.6 Å². The van der Waals surface area contributed by atoms with Crippen molar-refractivity contribution in [3.05, 3.63) is 0 Å². The summed E-state index contributed by atoms with van der Waals surface area (Å²) in [4.78, 5) is 38.2. The molecular weight excluding hydrogens is 841 g/mol. The van der Waals surface area contributed by atoms with Gasteiger partial charge in [0.05, 0.1) is 0 Å². The molecule has 0 N–H and O–H groups in total. The van der Waals surface area contributed by atoms with Crippen LogP contribution in [0.2, 0.25) is 0 Å². The van der Waals surface area contributed by atoms with E-state index in [1.165, 1.54) is 250 Å². The molecule has 0 aromatic heterocycles. The molecule has 6 heteroatoms. The molecule has 0 aliphatic rings. The molecule has 0 aliphatic heterocycles. The van der Waals surface area contributed by atoms with Gasteiger partial charge in [0.1, 0.15) is 13.2 Å².